The molecule has 3 aromatic rings. The van der Waals surface area contributed by atoms with Crippen LogP contribution in [-0.4, -0.2) is 89.0 Å². The Bertz CT molecular complexity index is 1610. The first-order valence-corrected chi connectivity index (χ1v) is 20.8. The Morgan fingerprint density at radius 3 is 0.895 bits per heavy atom. The molecule has 3 aliphatic heterocycles. The van der Waals surface area contributed by atoms with Gasteiger partial charge in [-0.05, 0) is 76.0 Å². The van der Waals surface area contributed by atoms with Crippen LogP contribution in [0.5, 0.6) is 0 Å². The molecule has 3 atom stereocenters. The molecule has 0 N–H and O–H groups in total. The van der Waals surface area contributed by atoms with Crippen molar-refractivity contribution in [3.05, 3.63) is 106 Å². The maximum Gasteiger partial charge on any atom is 0.225 e. The van der Waals surface area contributed by atoms with E-state index in [2.05, 4.69) is 0 Å². The predicted molar refractivity (Wildman–Crippen MR) is 225 cm³/mol. The molecule has 3 heterocycles. The number of likely N-dealkylation sites (tertiary alicyclic amines) is 3. The molecule has 6 rings (SSSR count). The summed E-state index contributed by atoms with van der Waals surface area (Å²) in [6.07, 6.45) is 7.10. The van der Waals surface area contributed by atoms with Gasteiger partial charge in [-0.25, -0.2) is 0 Å². The number of carbonyl (C=O) groups is 6. The van der Waals surface area contributed by atoms with Gasteiger partial charge in [0.15, 0.2) is 17.3 Å². The summed E-state index contributed by atoms with van der Waals surface area (Å²) in [4.78, 5) is 77.0. The lowest BCUT2D eigenvalue weighted by Gasteiger charge is -2.30. The highest BCUT2D eigenvalue weighted by Gasteiger charge is 2.28. The Kier molecular flexibility index (Phi) is 17.4. The fourth-order valence-corrected chi connectivity index (χ4v) is 7.48. The molecule has 0 saturated carbocycles. The van der Waals surface area contributed by atoms with Crippen LogP contribution in [0.25, 0.3) is 0 Å². The van der Waals surface area contributed by atoms with Gasteiger partial charge >= 0.3 is 0 Å². The third kappa shape index (κ3) is 14.8. The van der Waals surface area contributed by atoms with Crippen LogP contribution in [0, 0.1) is 38.5 Å². The molecule has 3 saturated heterocycles. The zero-order valence-corrected chi connectivity index (χ0v) is 35.1. The van der Waals surface area contributed by atoms with E-state index in [0.29, 0.717) is 19.3 Å². The smallest absolute Gasteiger partial charge is 0.225 e. The molecule has 3 fully saturated rings. The molecule has 0 aromatic heterocycles. The number of nitrogens with zero attached hydrogens (tertiary/aromatic N) is 3. The number of benzene rings is 3. The van der Waals surface area contributed by atoms with Gasteiger partial charge in [0.2, 0.25) is 17.7 Å². The predicted octanol–water partition coefficient (Wildman–Crippen LogP) is 7.10. The highest BCUT2D eigenvalue weighted by molar-refractivity contribution is 5.90. The van der Waals surface area contributed by atoms with Gasteiger partial charge in [0.25, 0.3) is 0 Å². The van der Waals surface area contributed by atoms with Gasteiger partial charge in [-0.3, -0.25) is 28.8 Å². The van der Waals surface area contributed by atoms with E-state index in [4.69, 9.17) is 0 Å². The number of aryl methyl sites for hydroxylation is 3. The minimum atomic E-state index is 0.0703. The van der Waals surface area contributed by atoms with E-state index in [1.54, 1.807) is 14.7 Å². The Morgan fingerprint density at radius 1 is 0.439 bits per heavy atom. The molecule has 0 aliphatic carbocycles. The van der Waals surface area contributed by atoms with Crippen molar-refractivity contribution in [2.45, 2.75) is 99.3 Å². The number of Topliss-reactive ketones (excluding diaryl/α,β-unsaturated/α-hetero) is 3. The standard InChI is InChI=1S/3C16H21NO2/c3*1-12-5-7-14(8-6-12)10-15(18)11-17-9-3-4-13(2)16(17)19/h3*5-8,13H,3-4,9-11H2,1-2H3. The summed E-state index contributed by atoms with van der Waals surface area (Å²) >= 11 is 0. The number of hydrogen-bond acceptors (Lipinski definition) is 6. The summed E-state index contributed by atoms with van der Waals surface area (Å²) in [5.74, 6) is 0.946. The summed E-state index contributed by atoms with van der Waals surface area (Å²) < 4.78 is 0. The number of piperidine rings is 3. The molecule has 306 valence electrons. The Hall–Kier alpha value is -4.92. The van der Waals surface area contributed by atoms with Crippen molar-refractivity contribution < 1.29 is 28.8 Å². The molecule has 3 aromatic carbocycles. The van der Waals surface area contributed by atoms with Crippen LogP contribution in [0.3, 0.4) is 0 Å². The Morgan fingerprint density at radius 2 is 0.667 bits per heavy atom. The Balaban J connectivity index is 0.000000189. The summed E-state index contributed by atoms with van der Waals surface area (Å²) in [5, 5.41) is 0. The molecule has 0 radical (unpaired) electrons. The van der Waals surface area contributed by atoms with Crippen molar-refractivity contribution in [1.29, 1.82) is 0 Å². The zero-order chi connectivity index (χ0) is 41.5. The van der Waals surface area contributed by atoms with Crippen molar-refractivity contribution in [1.82, 2.24) is 14.7 Å². The van der Waals surface area contributed by atoms with Gasteiger partial charge in [0.1, 0.15) is 0 Å². The minimum absolute atomic E-state index is 0.0703. The fourth-order valence-electron chi connectivity index (χ4n) is 7.48. The van der Waals surface area contributed by atoms with Gasteiger partial charge < -0.3 is 14.7 Å². The Labute approximate surface area is 340 Å². The maximum absolute atomic E-state index is 12.0. The lowest BCUT2D eigenvalue weighted by Crippen LogP contribution is -2.43. The topological polar surface area (TPSA) is 112 Å². The molecular formula is C48H63N3O6. The van der Waals surface area contributed by atoms with Gasteiger partial charge in [0, 0.05) is 56.7 Å². The molecule has 0 spiro atoms. The van der Waals surface area contributed by atoms with Crippen molar-refractivity contribution in [2.75, 3.05) is 39.3 Å². The third-order valence-corrected chi connectivity index (χ3v) is 11.1. The first-order chi connectivity index (χ1) is 27.2. The second kappa shape index (κ2) is 22.1. The number of ketones is 3. The molecule has 9 heteroatoms. The first kappa shape index (κ1) is 44.8. The van der Waals surface area contributed by atoms with E-state index in [0.717, 1.165) is 74.8 Å². The molecule has 3 aliphatic rings. The van der Waals surface area contributed by atoms with E-state index in [1.807, 2.05) is 114 Å². The third-order valence-electron chi connectivity index (χ3n) is 11.1. The summed E-state index contributed by atoms with van der Waals surface area (Å²) in [6, 6.07) is 23.9. The van der Waals surface area contributed by atoms with Gasteiger partial charge in [-0.2, -0.15) is 0 Å². The summed E-state index contributed by atoms with van der Waals surface area (Å²) in [7, 11) is 0. The van der Waals surface area contributed by atoms with Gasteiger partial charge in [-0.15, -0.1) is 0 Å². The lowest BCUT2D eigenvalue weighted by molar-refractivity contribution is -0.141. The zero-order valence-electron chi connectivity index (χ0n) is 35.1. The number of rotatable bonds is 12. The van der Waals surface area contributed by atoms with E-state index in [-0.39, 0.29) is 72.5 Å². The fraction of sp³-hybridized carbons (Fsp3) is 0.500. The molecule has 57 heavy (non-hydrogen) atoms. The van der Waals surface area contributed by atoms with Crippen LogP contribution in [0.15, 0.2) is 72.8 Å². The molecular weight excluding hydrogens is 715 g/mol. The average molecular weight is 778 g/mol. The lowest BCUT2D eigenvalue weighted by atomic mass is 9.98. The van der Waals surface area contributed by atoms with E-state index >= 15 is 0 Å². The second-order valence-corrected chi connectivity index (χ2v) is 16.5. The van der Waals surface area contributed by atoms with Crippen LogP contribution < -0.4 is 0 Å². The first-order valence-electron chi connectivity index (χ1n) is 20.8. The van der Waals surface area contributed by atoms with Gasteiger partial charge in [0.05, 0.1) is 19.6 Å². The largest absolute Gasteiger partial charge is 0.335 e. The van der Waals surface area contributed by atoms with Crippen molar-refractivity contribution in [2.24, 2.45) is 17.8 Å². The monoisotopic (exact) mass is 777 g/mol. The second-order valence-electron chi connectivity index (χ2n) is 16.5. The van der Waals surface area contributed by atoms with E-state index in [9.17, 15) is 28.8 Å². The van der Waals surface area contributed by atoms with Crippen LogP contribution in [0.2, 0.25) is 0 Å². The van der Waals surface area contributed by atoms with Crippen LogP contribution in [0.4, 0.5) is 0 Å². The minimum Gasteiger partial charge on any atom is -0.335 e. The van der Waals surface area contributed by atoms with Crippen molar-refractivity contribution in [3.63, 3.8) is 0 Å². The molecule has 3 unspecified atom stereocenters. The van der Waals surface area contributed by atoms with Gasteiger partial charge in [-0.1, -0.05) is 110 Å². The highest BCUT2D eigenvalue weighted by atomic mass is 16.2. The van der Waals surface area contributed by atoms with Crippen LogP contribution >= 0.6 is 0 Å². The van der Waals surface area contributed by atoms with Crippen molar-refractivity contribution >= 4 is 35.1 Å². The number of carbonyl (C=O) groups excluding carboxylic acids is 6. The quantitative estimate of drug-likeness (QED) is 0.194. The van der Waals surface area contributed by atoms with Crippen LogP contribution in [0.1, 0.15) is 92.7 Å². The molecule has 0 bridgehead atoms. The van der Waals surface area contributed by atoms with E-state index < -0.39 is 0 Å². The summed E-state index contributed by atoms with van der Waals surface area (Å²) in [6.45, 7) is 14.9. The van der Waals surface area contributed by atoms with Crippen LogP contribution in [-0.2, 0) is 48.0 Å². The number of amides is 3. The molecule has 3 amide bonds. The normalized spacial score (nSPS) is 19.6. The average Bonchev–Trinajstić information content (AvgIpc) is 3.17. The van der Waals surface area contributed by atoms with Crippen molar-refractivity contribution in [3.8, 4) is 0 Å². The summed E-state index contributed by atoms with van der Waals surface area (Å²) in [5.41, 5.74) is 6.64. The number of hydrogen-bond donors (Lipinski definition) is 0. The maximum atomic E-state index is 12.0. The highest BCUT2D eigenvalue weighted by Crippen LogP contribution is 2.19. The van der Waals surface area contributed by atoms with E-state index in [1.165, 1.54) is 16.7 Å². The molecule has 9 nitrogen and oxygen atoms in total. The SMILES string of the molecule is Cc1ccc(CC(=O)CN2CCCC(C)C2=O)cc1.Cc1ccc(CC(=O)CN2CCCC(C)C2=O)cc1.Cc1ccc(CC(=O)CN2CCCC(C)C2=O)cc1.